The van der Waals surface area contributed by atoms with Crippen LogP contribution >= 0.6 is 15.9 Å². The van der Waals surface area contributed by atoms with E-state index in [2.05, 4.69) is 36.2 Å². The summed E-state index contributed by atoms with van der Waals surface area (Å²) < 4.78 is 21.5. The second-order valence-electron chi connectivity index (χ2n) is 5.85. The minimum Gasteiger partial charge on any atom is -0.480 e. The number of pyridine rings is 1. The van der Waals surface area contributed by atoms with Crippen LogP contribution in [0.3, 0.4) is 0 Å². The van der Waals surface area contributed by atoms with E-state index in [1.54, 1.807) is 31.5 Å². The molecule has 1 aromatic carbocycles. The second-order valence-corrected chi connectivity index (χ2v) is 6.70. The molecule has 1 N–H and O–H groups in total. The van der Waals surface area contributed by atoms with Gasteiger partial charge in [-0.05, 0) is 35.0 Å². The molecule has 0 saturated heterocycles. The van der Waals surface area contributed by atoms with Gasteiger partial charge in [-0.15, -0.1) is 0 Å². The van der Waals surface area contributed by atoms with Crippen molar-refractivity contribution in [2.75, 3.05) is 12.4 Å². The molecular weight excluding hydrogens is 417 g/mol. The molecule has 0 saturated carbocycles. The Hall–Kier alpha value is -3.07. The molecule has 4 aromatic rings. The van der Waals surface area contributed by atoms with Crippen LogP contribution in [-0.2, 0) is 0 Å². The van der Waals surface area contributed by atoms with E-state index in [0.717, 1.165) is 0 Å². The van der Waals surface area contributed by atoms with Crippen LogP contribution in [0.5, 0.6) is 5.88 Å². The summed E-state index contributed by atoms with van der Waals surface area (Å²) in [6, 6.07) is 4.56. The number of aromatic nitrogens is 4. The number of halogens is 2. The van der Waals surface area contributed by atoms with Crippen LogP contribution in [-0.4, -0.2) is 32.4 Å². The summed E-state index contributed by atoms with van der Waals surface area (Å²) in [5, 5.41) is 2.70. The number of hydrogen-bond acceptors (Lipinski definition) is 5. The fraction of sp³-hybridized carbons (Fsp3) is 0.111. The lowest BCUT2D eigenvalue weighted by Crippen LogP contribution is -2.14. The molecule has 27 heavy (non-hydrogen) atoms. The number of rotatable bonds is 3. The molecule has 0 aliphatic heterocycles. The number of nitrogens with one attached hydrogen (secondary N) is 1. The van der Waals surface area contributed by atoms with Crippen molar-refractivity contribution in [3.8, 4) is 5.88 Å². The van der Waals surface area contributed by atoms with E-state index < -0.39 is 11.7 Å². The van der Waals surface area contributed by atoms with Gasteiger partial charge in [0, 0.05) is 22.9 Å². The van der Waals surface area contributed by atoms with E-state index in [-0.39, 0.29) is 5.65 Å². The molecule has 0 fully saturated rings. The van der Waals surface area contributed by atoms with Crippen LogP contribution in [0, 0.1) is 12.7 Å². The molecule has 3 aromatic heterocycles. The number of carbonyl (C=O) groups excluding carboxylic acids is 1. The molecule has 0 bridgehead atoms. The van der Waals surface area contributed by atoms with Gasteiger partial charge >= 0.3 is 0 Å². The first-order valence-corrected chi connectivity index (χ1v) is 8.71. The van der Waals surface area contributed by atoms with Crippen molar-refractivity contribution in [1.82, 2.24) is 19.4 Å². The van der Waals surface area contributed by atoms with Crippen LogP contribution in [0.25, 0.3) is 16.7 Å². The molecule has 7 nitrogen and oxygen atoms in total. The highest BCUT2D eigenvalue weighted by atomic mass is 79.9. The number of anilines is 1. The van der Waals surface area contributed by atoms with Crippen LogP contribution in [0.1, 0.15) is 16.1 Å². The van der Waals surface area contributed by atoms with Gasteiger partial charge in [0.1, 0.15) is 11.0 Å². The van der Waals surface area contributed by atoms with Crippen LogP contribution in [0.2, 0.25) is 0 Å². The number of methoxy groups -OCH3 is 1. The molecule has 1 amide bonds. The molecule has 136 valence electrons. The highest BCUT2D eigenvalue weighted by molar-refractivity contribution is 9.10. The van der Waals surface area contributed by atoms with E-state index in [0.29, 0.717) is 38.3 Å². The summed E-state index contributed by atoms with van der Waals surface area (Å²) in [6.07, 6.45) is 4.72. The number of ether oxygens (including phenoxy) is 1. The average Bonchev–Trinajstić information content (AvgIpc) is 3.02. The smallest absolute Gasteiger partial charge is 0.257 e. The molecular formula is C18H13BrFN5O2. The Morgan fingerprint density at radius 3 is 2.85 bits per heavy atom. The number of benzene rings is 1. The number of imidazole rings is 1. The maximum Gasteiger partial charge on any atom is 0.257 e. The maximum atomic E-state index is 14.2. The van der Waals surface area contributed by atoms with Crippen molar-refractivity contribution in [3.05, 3.63) is 58.3 Å². The number of fused-ring (bicyclic) bond motifs is 2. The van der Waals surface area contributed by atoms with Gasteiger partial charge < -0.3 is 14.5 Å². The summed E-state index contributed by atoms with van der Waals surface area (Å²) in [6.45, 7) is 1.77. The van der Waals surface area contributed by atoms with E-state index in [9.17, 15) is 9.18 Å². The van der Waals surface area contributed by atoms with E-state index in [4.69, 9.17) is 4.74 Å². The van der Waals surface area contributed by atoms with Gasteiger partial charge in [0.2, 0.25) is 5.88 Å². The molecule has 9 heteroatoms. The fourth-order valence-electron chi connectivity index (χ4n) is 2.78. The van der Waals surface area contributed by atoms with Gasteiger partial charge in [-0.2, -0.15) is 0 Å². The Bertz CT molecular complexity index is 1210. The van der Waals surface area contributed by atoms with Crippen molar-refractivity contribution >= 4 is 44.2 Å². The molecule has 0 spiro atoms. The summed E-state index contributed by atoms with van der Waals surface area (Å²) >= 11 is 3.40. The third-order valence-corrected chi connectivity index (χ3v) is 4.61. The second kappa shape index (κ2) is 6.58. The topological polar surface area (TPSA) is 81.4 Å². The molecule has 0 atom stereocenters. The quantitative estimate of drug-likeness (QED) is 0.536. The third kappa shape index (κ3) is 3.10. The van der Waals surface area contributed by atoms with Gasteiger partial charge in [-0.1, -0.05) is 0 Å². The predicted molar refractivity (Wildman–Crippen MR) is 102 cm³/mol. The first kappa shape index (κ1) is 17.3. The number of nitrogens with zero attached hydrogens (tertiary/aromatic N) is 4. The number of amides is 1. The van der Waals surface area contributed by atoms with Crippen molar-refractivity contribution in [2.45, 2.75) is 6.92 Å². The molecule has 0 aliphatic rings. The molecule has 4 rings (SSSR count). The van der Waals surface area contributed by atoms with Crippen molar-refractivity contribution in [3.63, 3.8) is 0 Å². The van der Waals surface area contributed by atoms with E-state index in [1.165, 1.54) is 23.8 Å². The Balaban J connectivity index is 1.74. The summed E-state index contributed by atoms with van der Waals surface area (Å²) in [5.41, 5.74) is 2.40. The first-order valence-electron chi connectivity index (χ1n) is 7.91. The normalized spacial score (nSPS) is 11.1. The Kier molecular flexibility index (Phi) is 4.23. The Morgan fingerprint density at radius 1 is 1.26 bits per heavy atom. The molecule has 0 radical (unpaired) electrons. The first-order chi connectivity index (χ1) is 13.0. The highest BCUT2D eigenvalue weighted by Gasteiger charge is 2.16. The van der Waals surface area contributed by atoms with Crippen LogP contribution in [0.4, 0.5) is 10.1 Å². The lowest BCUT2D eigenvalue weighted by molar-refractivity contribution is 0.102. The largest absolute Gasteiger partial charge is 0.480 e. The lowest BCUT2D eigenvalue weighted by Gasteiger charge is -2.10. The fourth-order valence-corrected chi connectivity index (χ4v) is 3.19. The van der Waals surface area contributed by atoms with Crippen molar-refractivity contribution < 1.29 is 13.9 Å². The van der Waals surface area contributed by atoms with Gasteiger partial charge in [0.05, 0.1) is 30.3 Å². The average molecular weight is 430 g/mol. The van der Waals surface area contributed by atoms with Crippen molar-refractivity contribution in [2.24, 2.45) is 0 Å². The van der Waals surface area contributed by atoms with Gasteiger partial charge in [-0.3, -0.25) is 4.79 Å². The third-order valence-electron chi connectivity index (χ3n) is 3.97. The molecule has 0 aliphatic carbocycles. The summed E-state index contributed by atoms with van der Waals surface area (Å²) in [7, 11) is 1.49. The zero-order valence-electron chi connectivity index (χ0n) is 14.3. The van der Waals surface area contributed by atoms with Crippen LogP contribution < -0.4 is 10.1 Å². The highest BCUT2D eigenvalue weighted by Crippen LogP contribution is 2.26. The zero-order chi connectivity index (χ0) is 19.1. The van der Waals surface area contributed by atoms with E-state index in [1.807, 2.05) is 0 Å². The molecule has 3 heterocycles. The lowest BCUT2D eigenvalue weighted by atomic mass is 10.1. The standard InChI is InChI=1S/C18H13BrFN5O2/c1-9-7-25-8-10(5-13(20)17(25)22-9)23-18(26)11-3-4-12(19)16-15(11)21-6-14(24-16)27-2/h3-8H,1-2H3,(H,23,26). The number of hydrogen-bond donors (Lipinski definition) is 1. The number of aryl methyl sites for hydroxylation is 1. The zero-order valence-corrected chi connectivity index (χ0v) is 15.9. The van der Waals surface area contributed by atoms with Crippen molar-refractivity contribution in [1.29, 1.82) is 0 Å². The van der Waals surface area contributed by atoms with Crippen LogP contribution in [0.15, 0.2) is 41.3 Å². The minimum atomic E-state index is -0.522. The monoisotopic (exact) mass is 429 g/mol. The maximum absolute atomic E-state index is 14.2. The van der Waals surface area contributed by atoms with E-state index >= 15 is 0 Å². The SMILES string of the molecule is COc1cnc2c(C(=O)Nc3cc(F)c4nc(C)cn4c3)ccc(Br)c2n1. The Morgan fingerprint density at radius 2 is 2.07 bits per heavy atom. The summed E-state index contributed by atoms with van der Waals surface area (Å²) in [5.74, 6) is -0.614. The predicted octanol–water partition coefficient (Wildman–Crippen LogP) is 3.75. The molecule has 0 unspecified atom stereocenters. The summed E-state index contributed by atoms with van der Waals surface area (Å²) in [4.78, 5) is 25.5. The minimum absolute atomic E-state index is 0.206. The van der Waals surface area contributed by atoms with Gasteiger partial charge in [0.15, 0.2) is 11.5 Å². The van der Waals surface area contributed by atoms with Gasteiger partial charge in [0.25, 0.3) is 5.91 Å². The van der Waals surface area contributed by atoms with Gasteiger partial charge in [-0.25, -0.2) is 19.3 Å². The number of carbonyl (C=O) groups is 1. The Labute approximate surface area is 161 Å².